The minimum absolute atomic E-state index is 0.236. The fourth-order valence-corrected chi connectivity index (χ4v) is 3.58. The number of rotatable bonds is 7. The normalized spacial score (nSPS) is 11.3. The van der Waals surface area contributed by atoms with Gasteiger partial charge in [0.15, 0.2) is 0 Å². The molecule has 0 amide bonds. The predicted octanol–water partition coefficient (Wildman–Crippen LogP) is 5.12. The molecule has 4 aromatic rings. The number of aryl methyl sites for hydroxylation is 1. The fourth-order valence-electron chi connectivity index (χ4n) is 3.58. The molecule has 3 N–H and O–H groups in total. The molecule has 0 spiro atoms. The van der Waals surface area contributed by atoms with Gasteiger partial charge < -0.3 is 16.0 Å². The van der Waals surface area contributed by atoms with Crippen molar-refractivity contribution >= 4 is 28.1 Å². The van der Waals surface area contributed by atoms with Crippen molar-refractivity contribution in [3.63, 3.8) is 0 Å². The molecule has 0 saturated carbocycles. The number of benzene rings is 3. The van der Waals surface area contributed by atoms with Crippen LogP contribution >= 0.6 is 0 Å². The van der Waals surface area contributed by atoms with Crippen molar-refractivity contribution < 1.29 is 4.39 Å². The van der Waals surface area contributed by atoms with Gasteiger partial charge in [0.1, 0.15) is 11.6 Å². The molecule has 6 heteroatoms. The van der Waals surface area contributed by atoms with Gasteiger partial charge in [0.25, 0.3) is 0 Å². The molecule has 0 aliphatic carbocycles. The van der Waals surface area contributed by atoms with Gasteiger partial charge >= 0.3 is 0 Å². The zero-order valence-corrected chi connectivity index (χ0v) is 17.3. The lowest BCUT2D eigenvalue weighted by Crippen LogP contribution is -2.16. The zero-order chi connectivity index (χ0) is 21.1. The van der Waals surface area contributed by atoms with Crippen LogP contribution in [0.2, 0.25) is 0 Å². The number of nitrogens with two attached hydrogens (primary N) is 1. The summed E-state index contributed by atoms with van der Waals surface area (Å²) in [4.78, 5) is 2.16. The molecule has 154 valence electrons. The SMILES string of the molecule is CN(C)CCCn1nc2cc(-c3ccccc3F)ccc2c1Nc1cccc(N)c1. The second-order valence-corrected chi connectivity index (χ2v) is 7.69. The van der Waals surface area contributed by atoms with E-state index in [1.807, 2.05) is 53.2 Å². The molecule has 0 unspecified atom stereocenters. The topological polar surface area (TPSA) is 59.1 Å². The first-order valence-corrected chi connectivity index (χ1v) is 10.0. The average Bonchev–Trinajstić information content (AvgIpc) is 3.04. The standard InChI is InChI=1S/C24H26FN5/c1-29(2)13-6-14-30-24(27-19-8-5-7-18(26)16-19)21-12-11-17(15-23(21)28-30)20-9-3-4-10-22(20)25/h3-5,7-12,15-16,27H,6,13-14,26H2,1-2H3. The summed E-state index contributed by atoms with van der Waals surface area (Å²) in [5.74, 6) is 0.676. The van der Waals surface area contributed by atoms with Gasteiger partial charge in [-0.05, 0) is 69.0 Å². The van der Waals surface area contributed by atoms with Crippen molar-refractivity contribution in [3.05, 3.63) is 72.5 Å². The first-order chi connectivity index (χ1) is 14.5. The van der Waals surface area contributed by atoms with Crippen molar-refractivity contribution in [3.8, 4) is 11.1 Å². The van der Waals surface area contributed by atoms with Crippen molar-refractivity contribution in [2.45, 2.75) is 13.0 Å². The van der Waals surface area contributed by atoms with Gasteiger partial charge in [0.2, 0.25) is 0 Å². The minimum atomic E-state index is -0.236. The molecule has 0 bridgehead atoms. The van der Waals surface area contributed by atoms with Crippen molar-refractivity contribution in [2.75, 3.05) is 31.7 Å². The van der Waals surface area contributed by atoms with Gasteiger partial charge in [-0.1, -0.05) is 30.3 Å². The van der Waals surface area contributed by atoms with Crippen LogP contribution in [-0.4, -0.2) is 35.3 Å². The van der Waals surface area contributed by atoms with E-state index in [9.17, 15) is 4.39 Å². The maximum Gasteiger partial charge on any atom is 0.136 e. The molecule has 0 radical (unpaired) electrons. The number of nitrogens with zero attached hydrogens (tertiary/aromatic N) is 3. The predicted molar refractivity (Wildman–Crippen MR) is 122 cm³/mol. The number of nitrogen functional groups attached to an aromatic ring is 1. The Hall–Kier alpha value is -3.38. The molecule has 0 aliphatic heterocycles. The van der Waals surface area contributed by atoms with E-state index in [0.717, 1.165) is 47.5 Å². The quantitative estimate of drug-likeness (QED) is 0.421. The molecule has 0 atom stereocenters. The summed E-state index contributed by atoms with van der Waals surface area (Å²) in [5.41, 5.74) is 9.77. The van der Waals surface area contributed by atoms with Gasteiger partial charge in [-0.25, -0.2) is 9.07 Å². The Morgan fingerprint density at radius 2 is 1.87 bits per heavy atom. The molecule has 1 aromatic heterocycles. The summed E-state index contributed by atoms with van der Waals surface area (Å²) in [6, 6.07) is 20.4. The average molecular weight is 404 g/mol. The van der Waals surface area contributed by atoms with E-state index in [1.165, 1.54) is 6.07 Å². The fraction of sp³-hybridized carbons (Fsp3) is 0.208. The van der Waals surface area contributed by atoms with E-state index in [0.29, 0.717) is 11.3 Å². The lowest BCUT2D eigenvalue weighted by atomic mass is 10.0. The molecule has 30 heavy (non-hydrogen) atoms. The van der Waals surface area contributed by atoms with E-state index >= 15 is 0 Å². The van der Waals surface area contributed by atoms with Crippen LogP contribution in [0.15, 0.2) is 66.7 Å². The second-order valence-electron chi connectivity index (χ2n) is 7.69. The van der Waals surface area contributed by atoms with Crippen LogP contribution in [0.5, 0.6) is 0 Å². The molecule has 4 rings (SSSR count). The third kappa shape index (κ3) is 4.28. The van der Waals surface area contributed by atoms with Gasteiger partial charge in [0.05, 0.1) is 5.52 Å². The van der Waals surface area contributed by atoms with Gasteiger partial charge in [0, 0.05) is 28.9 Å². The summed E-state index contributed by atoms with van der Waals surface area (Å²) >= 11 is 0. The van der Waals surface area contributed by atoms with Gasteiger partial charge in [-0.15, -0.1) is 0 Å². The van der Waals surface area contributed by atoms with Crippen LogP contribution < -0.4 is 11.1 Å². The number of anilines is 3. The summed E-state index contributed by atoms with van der Waals surface area (Å²) in [6.07, 6.45) is 0.965. The Morgan fingerprint density at radius 1 is 1.03 bits per heavy atom. The van der Waals surface area contributed by atoms with Crippen LogP contribution in [0.25, 0.3) is 22.0 Å². The summed E-state index contributed by atoms with van der Waals surface area (Å²) in [7, 11) is 4.12. The van der Waals surface area contributed by atoms with Crippen molar-refractivity contribution in [2.24, 2.45) is 0 Å². The largest absolute Gasteiger partial charge is 0.399 e. The molecular formula is C24H26FN5. The zero-order valence-electron chi connectivity index (χ0n) is 17.3. The van der Waals surface area contributed by atoms with E-state index in [4.69, 9.17) is 10.8 Å². The van der Waals surface area contributed by atoms with Crippen LogP contribution in [0.3, 0.4) is 0 Å². The van der Waals surface area contributed by atoms with Crippen LogP contribution in [-0.2, 0) is 6.54 Å². The molecule has 0 fully saturated rings. The number of halogens is 1. The summed E-state index contributed by atoms with van der Waals surface area (Å²) in [5, 5.41) is 9.29. The number of aromatic nitrogens is 2. The Kier molecular flexibility index (Phi) is 5.68. The Balaban J connectivity index is 1.75. The van der Waals surface area contributed by atoms with E-state index in [1.54, 1.807) is 12.1 Å². The molecule has 3 aromatic carbocycles. The lowest BCUT2D eigenvalue weighted by Gasteiger charge is -2.13. The summed E-state index contributed by atoms with van der Waals surface area (Å²) < 4.78 is 16.3. The number of nitrogens with one attached hydrogen (secondary N) is 1. The van der Waals surface area contributed by atoms with E-state index in [2.05, 4.69) is 24.3 Å². The van der Waals surface area contributed by atoms with Crippen molar-refractivity contribution in [1.29, 1.82) is 0 Å². The van der Waals surface area contributed by atoms with Crippen LogP contribution in [0.1, 0.15) is 6.42 Å². The molecule has 1 heterocycles. The molecule has 0 saturated heterocycles. The Morgan fingerprint density at radius 3 is 2.63 bits per heavy atom. The minimum Gasteiger partial charge on any atom is -0.399 e. The van der Waals surface area contributed by atoms with E-state index < -0.39 is 0 Å². The maximum atomic E-state index is 14.3. The third-order valence-corrected chi connectivity index (χ3v) is 5.05. The number of hydrogen-bond donors (Lipinski definition) is 2. The van der Waals surface area contributed by atoms with Crippen LogP contribution in [0, 0.1) is 5.82 Å². The first kappa shape index (κ1) is 19.9. The van der Waals surface area contributed by atoms with Gasteiger partial charge in [-0.3, -0.25) is 0 Å². The highest BCUT2D eigenvalue weighted by Crippen LogP contribution is 2.32. The van der Waals surface area contributed by atoms with Crippen molar-refractivity contribution in [1.82, 2.24) is 14.7 Å². The monoisotopic (exact) mass is 403 g/mol. The first-order valence-electron chi connectivity index (χ1n) is 10.0. The third-order valence-electron chi connectivity index (χ3n) is 5.05. The summed E-state index contributed by atoms with van der Waals surface area (Å²) in [6.45, 7) is 1.74. The lowest BCUT2D eigenvalue weighted by molar-refractivity contribution is 0.382. The maximum absolute atomic E-state index is 14.3. The molecule has 0 aliphatic rings. The highest BCUT2D eigenvalue weighted by molar-refractivity contribution is 5.94. The number of hydrogen-bond acceptors (Lipinski definition) is 4. The smallest absolute Gasteiger partial charge is 0.136 e. The van der Waals surface area contributed by atoms with Gasteiger partial charge in [-0.2, -0.15) is 5.10 Å². The van der Waals surface area contributed by atoms with E-state index in [-0.39, 0.29) is 5.82 Å². The number of fused-ring (bicyclic) bond motifs is 1. The molecular weight excluding hydrogens is 377 g/mol. The highest BCUT2D eigenvalue weighted by Gasteiger charge is 2.14. The Bertz CT molecular complexity index is 1170. The Labute approximate surface area is 175 Å². The van der Waals surface area contributed by atoms with Crippen LogP contribution in [0.4, 0.5) is 21.6 Å². The second kappa shape index (κ2) is 8.55. The molecule has 5 nitrogen and oxygen atoms in total. The highest BCUT2D eigenvalue weighted by atomic mass is 19.1.